The van der Waals surface area contributed by atoms with Crippen molar-refractivity contribution in [3.8, 4) is 17.2 Å². The SMILES string of the molecule is COc1cc(OC)c(C(Cc2cccs2)NN)cc1OC. The largest absolute Gasteiger partial charge is 0.496 e. The van der Waals surface area contributed by atoms with Gasteiger partial charge in [-0.25, -0.2) is 0 Å². The smallest absolute Gasteiger partial charge is 0.164 e. The van der Waals surface area contributed by atoms with E-state index in [1.165, 1.54) is 4.88 Å². The molecule has 6 heteroatoms. The van der Waals surface area contributed by atoms with E-state index in [0.717, 1.165) is 12.0 Å². The van der Waals surface area contributed by atoms with Crippen LogP contribution in [0.2, 0.25) is 0 Å². The first-order valence-corrected chi connectivity index (χ1v) is 7.39. The molecule has 21 heavy (non-hydrogen) atoms. The maximum atomic E-state index is 5.73. The van der Waals surface area contributed by atoms with E-state index in [4.69, 9.17) is 20.1 Å². The number of methoxy groups -OCH3 is 3. The van der Waals surface area contributed by atoms with Gasteiger partial charge in [0.15, 0.2) is 11.5 Å². The zero-order valence-electron chi connectivity index (χ0n) is 12.4. The maximum Gasteiger partial charge on any atom is 0.164 e. The number of benzene rings is 1. The van der Waals surface area contributed by atoms with Crippen molar-refractivity contribution < 1.29 is 14.2 Å². The zero-order valence-corrected chi connectivity index (χ0v) is 13.2. The predicted octanol–water partition coefficient (Wildman–Crippen LogP) is 2.52. The average Bonchev–Trinajstić information content (AvgIpc) is 3.04. The number of nitrogens with one attached hydrogen (secondary N) is 1. The van der Waals surface area contributed by atoms with Gasteiger partial charge in [0.25, 0.3) is 0 Å². The topological polar surface area (TPSA) is 65.7 Å². The summed E-state index contributed by atoms with van der Waals surface area (Å²) in [5.74, 6) is 7.73. The van der Waals surface area contributed by atoms with Crippen LogP contribution >= 0.6 is 11.3 Å². The first-order valence-electron chi connectivity index (χ1n) is 6.51. The van der Waals surface area contributed by atoms with Crippen molar-refractivity contribution in [3.05, 3.63) is 40.1 Å². The highest BCUT2D eigenvalue weighted by molar-refractivity contribution is 7.09. The number of nitrogens with two attached hydrogens (primary N) is 1. The van der Waals surface area contributed by atoms with Gasteiger partial charge in [-0.15, -0.1) is 11.3 Å². The molecule has 3 N–H and O–H groups in total. The third-order valence-corrected chi connectivity index (χ3v) is 4.20. The molecule has 0 amide bonds. The normalized spacial score (nSPS) is 12.0. The summed E-state index contributed by atoms with van der Waals surface area (Å²) < 4.78 is 16.1. The minimum absolute atomic E-state index is 0.0709. The fourth-order valence-corrected chi connectivity index (χ4v) is 2.97. The van der Waals surface area contributed by atoms with Crippen LogP contribution in [-0.4, -0.2) is 21.3 Å². The average molecular weight is 308 g/mol. The van der Waals surface area contributed by atoms with Crippen LogP contribution in [0.15, 0.2) is 29.6 Å². The van der Waals surface area contributed by atoms with E-state index in [1.54, 1.807) is 32.7 Å². The second-order valence-electron chi connectivity index (χ2n) is 4.45. The Hall–Kier alpha value is -1.76. The number of hydrazine groups is 1. The lowest BCUT2D eigenvalue weighted by molar-refractivity contribution is 0.345. The molecule has 1 heterocycles. The molecule has 0 aliphatic heterocycles. The fourth-order valence-electron chi connectivity index (χ4n) is 2.21. The highest BCUT2D eigenvalue weighted by Gasteiger charge is 2.19. The van der Waals surface area contributed by atoms with Crippen LogP contribution < -0.4 is 25.5 Å². The summed E-state index contributed by atoms with van der Waals surface area (Å²) in [5, 5.41) is 2.05. The maximum absolute atomic E-state index is 5.73. The van der Waals surface area contributed by atoms with Crippen LogP contribution in [0.3, 0.4) is 0 Å². The number of rotatable bonds is 7. The number of hydrogen-bond donors (Lipinski definition) is 2. The second-order valence-corrected chi connectivity index (χ2v) is 5.48. The van der Waals surface area contributed by atoms with Crippen LogP contribution in [-0.2, 0) is 6.42 Å². The number of ether oxygens (including phenoxy) is 3. The van der Waals surface area contributed by atoms with Gasteiger partial charge in [0, 0.05) is 22.9 Å². The van der Waals surface area contributed by atoms with Crippen molar-refractivity contribution in [3.63, 3.8) is 0 Å². The summed E-state index contributed by atoms with van der Waals surface area (Å²) in [7, 11) is 4.84. The Labute approximate surface area is 128 Å². The Morgan fingerprint density at radius 2 is 1.76 bits per heavy atom. The van der Waals surface area contributed by atoms with Gasteiger partial charge in [-0.1, -0.05) is 6.07 Å². The molecule has 0 saturated heterocycles. The Bertz CT molecular complexity index is 573. The van der Waals surface area contributed by atoms with Crippen LogP contribution in [0.25, 0.3) is 0 Å². The molecule has 0 bridgehead atoms. The lowest BCUT2D eigenvalue weighted by atomic mass is 10.0. The molecule has 5 nitrogen and oxygen atoms in total. The monoisotopic (exact) mass is 308 g/mol. The first-order chi connectivity index (χ1) is 10.2. The molecule has 1 aromatic heterocycles. The molecule has 114 valence electrons. The van der Waals surface area contributed by atoms with E-state index in [-0.39, 0.29) is 6.04 Å². The van der Waals surface area contributed by atoms with Crippen molar-refractivity contribution in [2.24, 2.45) is 5.84 Å². The summed E-state index contributed by atoms with van der Waals surface area (Å²) >= 11 is 1.70. The Morgan fingerprint density at radius 3 is 2.29 bits per heavy atom. The highest BCUT2D eigenvalue weighted by atomic mass is 32.1. The molecule has 0 aliphatic rings. The van der Waals surface area contributed by atoms with Crippen molar-refractivity contribution >= 4 is 11.3 Å². The van der Waals surface area contributed by atoms with Gasteiger partial charge in [-0.05, 0) is 17.5 Å². The third-order valence-electron chi connectivity index (χ3n) is 3.30. The molecule has 1 aromatic carbocycles. The van der Waals surface area contributed by atoms with Gasteiger partial charge in [0.1, 0.15) is 5.75 Å². The minimum atomic E-state index is -0.0709. The van der Waals surface area contributed by atoms with E-state index in [2.05, 4.69) is 16.9 Å². The molecule has 0 saturated carbocycles. The van der Waals surface area contributed by atoms with Gasteiger partial charge in [-0.3, -0.25) is 11.3 Å². The van der Waals surface area contributed by atoms with Crippen molar-refractivity contribution in [1.29, 1.82) is 0 Å². The summed E-state index contributed by atoms with van der Waals surface area (Å²) in [4.78, 5) is 1.25. The molecule has 0 aliphatic carbocycles. The van der Waals surface area contributed by atoms with Gasteiger partial charge in [0.05, 0.1) is 27.4 Å². The molecular formula is C15H20N2O3S. The fraction of sp³-hybridized carbons (Fsp3) is 0.333. The first kappa shape index (κ1) is 15.6. The van der Waals surface area contributed by atoms with E-state index >= 15 is 0 Å². The molecule has 0 fully saturated rings. The van der Waals surface area contributed by atoms with E-state index in [9.17, 15) is 0 Å². The Morgan fingerprint density at radius 1 is 1.10 bits per heavy atom. The standard InChI is InChI=1S/C15H20N2O3S/c1-18-13-9-15(20-3)14(19-2)8-11(13)12(17-16)7-10-5-4-6-21-10/h4-6,8-9,12,17H,7,16H2,1-3H3. The molecule has 2 aromatic rings. The van der Waals surface area contributed by atoms with Crippen LogP contribution in [0.1, 0.15) is 16.5 Å². The number of hydrogen-bond acceptors (Lipinski definition) is 6. The summed E-state index contributed by atoms with van der Waals surface area (Å²) in [6.45, 7) is 0. The van der Waals surface area contributed by atoms with Gasteiger partial charge in [0.2, 0.25) is 0 Å². The van der Waals surface area contributed by atoms with E-state index in [1.807, 2.05) is 18.2 Å². The molecule has 0 spiro atoms. The van der Waals surface area contributed by atoms with Crippen LogP contribution in [0.5, 0.6) is 17.2 Å². The van der Waals surface area contributed by atoms with Crippen LogP contribution in [0, 0.1) is 0 Å². The Kier molecular flexibility index (Phi) is 5.44. The lowest BCUT2D eigenvalue weighted by Crippen LogP contribution is -2.29. The van der Waals surface area contributed by atoms with Crippen molar-refractivity contribution in [2.45, 2.75) is 12.5 Å². The van der Waals surface area contributed by atoms with Gasteiger partial charge in [-0.2, -0.15) is 0 Å². The van der Waals surface area contributed by atoms with E-state index in [0.29, 0.717) is 17.2 Å². The Balaban J connectivity index is 2.39. The molecule has 1 unspecified atom stereocenters. The summed E-state index contributed by atoms with van der Waals surface area (Å²) in [6, 6.07) is 7.75. The number of thiophene rings is 1. The molecule has 1 atom stereocenters. The molecular weight excluding hydrogens is 288 g/mol. The second kappa shape index (κ2) is 7.31. The minimum Gasteiger partial charge on any atom is -0.496 e. The zero-order chi connectivity index (χ0) is 15.2. The summed E-state index contributed by atoms with van der Waals surface area (Å²) in [6.07, 6.45) is 0.778. The van der Waals surface area contributed by atoms with Crippen LogP contribution in [0.4, 0.5) is 0 Å². The van der Waals surface area contributed by atoms with Crippen molar-refractivity contribution in [1.82, 2.24) is 5.43 Å². The quantitative estimate of drug-likeness (QED) is 0.608. The third kappa shape index (κ3) is 3.47. The van der Waals surface area contributed by atoms with Gasteiger partial charge < -0.3 is 14.2 Å². The highest BCUT2D eigenvalue weighted by Crippen LogP contribution is 2.38. The molecule has 0 radical (unpaired) electrons. The van der Waals surface area contributed by atoms with E-state index < -0.39 is 0 Å². The predicted molar refractivity (Wildman–Crippen MR) is 84.2 cm³/mol. The summed E-state index contributed by atoms with van der Waals surface area (Å²) in [5.41, 5.74) is 3.79. The lowest BCUT2D eigenvalue weighted by Gasteiger charge is -2.20. The van der Waals surface area contributed by atoms with Crippen molar-refractivity contribution in [2.75, 3.05) is 21.3 Å². The molecule has 2 rings (SSSR count). The van der Waals surface area contributed by atoms with Gasteiger partial charge >= 0.3 is 0 Å².